The first-order chi connectivity index (χ1) is 7.34. The zero-order chi connectivity index (χ0) is 12.8. The first kappa shape index (κ1) is 15.1. The first-order valence-corrected chi connectivity index (χ1v) is 5.46. The van der Waals surface area contributed by atoms with Crippen LogP contribution in [0.4, 0.5) is 0 Å². The second kappa shape index (κ2) is 6.66. The minimum absolute atomic E-state index is 0.160. The van der Waals surface area contributed by atoms with Crippen molar-refractivity contribution < 1.29 is 19.7 Å². The van der Waals surface area contributed by atoms with Crippen LogP contribution in [0.3, 0.4) is 0 Å². The zero-order valence-electron chi connectivity index (χ0n) is 10.4. The van der Waals surface area contributed by atoms with E-state index in [-0.39, 0.29) is 13.2 Å². The van der Waals surface area contributed by atoms with Crippen LogP contribution < -0.4 is 0 Å². The van der Waals surface area contributed by atoms with Crippen molar-refractivity contribution in [2.45, 2.75) is 33.8 Å². The Morgan fingerprint density at radius 1 is 1.44 bits per heavy atom. The maximum absolute atomic E-state index is 11.6. The van der Waals surface area contributed by atoms with Gasteiger partial charge in [-0.05, 0) is 12.3 Å². The molecule has 4 nitrogen and oxygen atoms in total. The quantitative estimate of drug-likeness (QED) is 0.548. The summed E-state index contributed by atoms with van der Waals surface area (Å²) in [6.07, 6.45) is 2.10. The highest BCUT2D eigenvalue weighted by Gasteiger charge is 2.34. The molecule has 2 N–H and O–H groups in total. The predicted molar refractivity (Wildman–Crippen MR) is 61.8 cm³/mol. The summed E-state index contributed by atoms with van der Waals surface area (Å²) < 4.78 is 4.89. The van der Waals surface area contributed by atoms with Crippen LogP contribution in [-0.4, -0.2) is 35.5 Å². The zero-order valence-corrected chi connectivity index (χ0v) is 10.4. The molecule has 4 heteroatoms. The summed E-state index contributed by atoms with van der Waals surface area (Å²) in [6.45, 7) is 7.37. The molecule has 0 aromatic rings. The number of aliphatic hydroxyl groups is 2. The average molecular weight is 230 g/mol. The fraction of sp³-hybridized carbons (Fsp3) is 0.750. The van der Waals surface area contributed by atoms with Crippen molar-refractivity contribution in [1.29, 1.82) is 0 Å². The van der Waals surface area contributed by atoms with Gasteiger partial charge in [0.25, 0.3) is 0 Å². The summed E-state index contributed by atoms with van der Waals surface area (Å²) in [5.41, 5.74) is -0.419. The molecule has 0 amide bonds. The molecular formula is C12H22O4. The lowest BCUT2D eigenvalue weighted by Crippen LogP contribution is -2.38. The number of carbonyl (C=O) groups excluding carboxylic acids is 1. The van der Waals surface area contributed by atoms with E-state index < -0.39 is 23.4 Å². The van der Waals surface area contributed by atoms with E-state index in [1.165, 1.54) is 12.2 Å². The molecule has 0 aromatic heterocycles. The number of esters is 1. The van der Waals surface area contributed by atoms with Crippen LogP contribution in [0.5, 0.6) is 0 Å². The molecular weight excluding hydrogens is 208 g/mol. The Labute approximate surface area is 96.9 Å². The van der Waals surface area contributed by atoms with E-state index in [0.717, 1.165) is 0 Å². The molecule has 0 heterocycles. The summed E-state index contributed by atoms with van der Waals surface area (Å²) in [5.74, 6) is -1.19. The SMILES string of the molecule is CCOC(=O)[C@H](/C=C/CO)[C@H](O)C(C)(C)C. The highest BCUT2D eigenvalue weighted by Crippen LogP contribution is 2.26. The lowest BCUT2D eigenvalue weighted by Gasteiger charge is -2.30. The lowest BCUT2D eigenvalue weighted by atomic mass is 9.81. The molecule has 0 aromatic carbocycles. The summed E-state index contributed by atoms with van der Waals surface area (Å²) in [4.78, 5) is 11.6. The summed E-state index contributed by atoms with van der Waals surface area (Å²) in [5, 5.41) is 18.7. The second-order valence-electron chi connectivity index (χ2n) is 4.70. The molecule has 0 aliphatic heterocycles. The Hall–Kier alpha value is -0.870. The van der Waals surface area contributed by atoms with Crippen molar-refractivity contribution in [3.63, 3.8) is 0 Å². The summed E-state index contributed by atoms with van der Waals surface area (Å²) in [6, 6.07) is 0. The van der Waals surface area contributed by atoms with Crippen LogP contribution in [-0.2, 0) is 9.53 Å². The lowest BCUT2D eigenvalue weighted by molar-refractivity contribution is -0.152. The second-order valence-corrected chi connectivity index (χ2v) is 4.70. The Bertz CT molecular complexity index is 240. The molecule has 0 rings (SSSR count). The molecule has 0 saturated heterocycles. The Kier molecular flexibility index (Phi) is 6.29. The van der Waals surface area contributed by atoms with Gasteiger partial charge >= 0.3 is 5.97 Å². The van der Waals surface area contributed by atoms with Gasteiger partial charge in [0.2, 0.25) is 0 Å². The van der Waals surface area contributed by atoms with Crippen LogP contribution in [0.2, 0.25) is 0 Å². The Balaban J connectivity index is 4.79. The number of ether oxygens (including phenoxy) is 1. The largest absolute Gasteiger partial charge is 0.465 e. The van der Waals surface area contributed by atoms with Crippen molar-refractivity contribution in [3.8, 4) is 0 Å². The molecule has 0 bridgehead atoms. The minimum Gasteiger partial charge on any atom is -0.465 e. The van der Waals surface area contributed by atoms with E-state index in [2.05, 4.69) is 0 Å². The molecule has 0 spiro atoms. The van der Waals surface area contributed by atoms with Gasteiger partial charge in [-0.15, -0.1) is 0 Å². The maximum atomic E-state index is 11.6. The van der Waals surface area contributed by atoms with Crippen molar-refractivity contribution in [2.75, 3.05) is 13.2 Å². The number of rotatable bonds is 5. The molecule has 0 aliphatic rings. The minimum atomic E-state index is -0.839. The van der Waals surface area contributed by atoms with Gasteiger partial charge in [-0.2, -0.15) is 0 Å². The van der Waals surface area contributed by atoms with Crippen LogP contribution in [0.25, 0.3) is 0 Å². The fourth-order valence-corrected chi connectivity index (χ4v) is 1.30. The monoisotopic (exact) mass is 230 g/mol. The topological polar surface area (TPSA) is 66.8 Å². The maximum Gasteiger partial charge on any atom is 0.315 e. The van der Waals surface area contributed by atoms with Crippen LogP contribution in [0.1, 0.15) is 27.7 Å². The summed E-state index contributed by atoms with van der Waals surface area (Å²) in [7, 11) is 0. The van der Waals surface area contributed by atoms with E-state index in [1.54, 1.807) is 6.92 Å². The fourth-order valence-electron chi connectivity index (χ4n) is 1.30. The third kappa shape index (κ3) is 4.77. The van der Waals surface area contributed by atoms with E-state index >= 15 is 0 Å². The van der Waals surface area contributed by atoms with Gasteiger partial charge < -0.3 is 14.9 Å². The molecule has 0 aliphatic carbocycles. The predicted octanol–water partition coefficient (Wildman–Crippen LogP) is 1.12. The van der Waals surface area contributed by atoms with Gasteiger partial charge in [0, 0.05) is 0 Å². The van der Waals surface area contributed by atoms with E-state index in [1.807, 2.05) is 20.8 Å². The normalized spacial score (nSPS) is 16.1. The Morgan fingerprint density at radius 2 is 2.00 bits per heavy atom. The third-order valence-electron chi connectivity index (χ3n) is 2.24. The van der Waals surface area contributed by atoms with E-state index in [0.29, 0.717) is 0 Å². The van der Waals surface area contributed by atoms with Crippen molar-refractivity contribution >= 4 is 5.97 Å². The molecule has 0 fully saturated rings. The van der Waals surface area contributed by atoms with Crippen molar-refractivity contribution in [3.05, 3.63) is 12.2 Å². The molecule has 94 valence electrons. The van der Waals surface area contributed by atoms with Gasteiger partial charge in [0.15, 0.2) is 0 Å². The van der Waals surface area contributed by atoms with Crippen LogP contribution in [0.15, 0.2) is 12.2 Å². The number of carbonyl (C=O) groups is 1. The third-order valence-corrected chi connectivity index (χ3v) is 2.24. The number of aliphatic hydroxyl groups excluding tert-OH is 2. The van der Waals surface area contributed by atoms with Crippen LogP contribution in [0, 0.1) is 11.3 Å². The smallest absolute Gasteiger partial charge is 0.315 e. The summed E-state index contributed by atoms with van der Waals surface area (Å²) >= 11 is 0. The number of hydrogen-bond donors (Lipinski definition) is 2. The van der Waals surface area contributed by atoms with E-state index in [9.17, 15) is 9.90 Å². The van der Waals surface area contributed by atoms with Gasteiger partial charge in [-0.25, -0.2) is 0 Å². The molecule has 0 unspecified atom stereocenters. The molecule has 16 heavy (non-hydrogen) atoms. The van der Waals surface area contributed by atoms with Crippen molar-refractivity contribution in [1.82, 2.24) is 0 Å². The highest BCUT2D eigenvalue weighted by atomic mass is 16.5. The average Bonchev–Trinajstić information content (AvgIpc) is 2.17. The molecule has 0 saturated carbocycles. The number of hydrogen-bond acceptors (Lipinski definition) is 4. The Morgan fingerprint density at radius 3 is 2.38 bits per heavy atom. The van der Waals surface area contributed by atoms with E-state index in [4.69, 9.17) is 9.84 Å². The van der Waals surface area contributed by atoms with Gasteiger partial charge in [0.05, 0.1) is 19.3 Å². The highest BCUT2D eigenvalue weighted by molar-refractivity contribution is 5.75. The van der Waals surface area contributed by atoms with Gasteiger partial charge in [0.1, 0.15) is 5.92 Å². The van der Waals surface area contributed by atoms with Crippen molar-refractivity contribution in [2.24, 2.45) is 11.3 Å². The molecule has 2 atom stereocenters. The van der Waals surface area contributed by atoms with Gasteiger partial charge in [-0.1, -0.05) is 32.9 Å². The first-order valence-electron chi connectivity index (χ1n) is 5.46. The molecule has 0 radical (unpaired) electrons. The van der Waals surface area contributed by atoms with Crippen LogP contribution >= 0.6 is 0 Å². The van der Waals surface area contributed by atoms with Gasteiger partial charge in [-0.3, -0.25) is 4.79 Å². The standard InChI is InChI=1S/C12H22O4/c1-5-16-11(15)9(7-6-8-13)10(14)12(2,3)4/h6-7,9-10,13-14H,5,8H2,1-4H3/b7-6+/t9-,10+/m1/s1.